The predicted molar refractivity (Wildman–Crippen MR) is 129 cm³/mol. The molecule has 1 aliphatic rings. The molecule has 1 aliphatic heterocycles. The molecule has 0 saturated carbocycles. The molecule has 5 nitrogen and oxygen atoms in total. The van der Waals surface area contributed by atoms with Crippen molar-refractivity contribution < 1.29 is 13.9 Å². The van der Waals surface area contributed by atoms with Gasteiger partial charge in [0.05, 0.1) is 6.61 Å². The maximum absolute atomic E-state index is 14.3. The molecule has 0 radical (unpaired) electrons. The molecule has 1 aromatic rings. The highest BCUT2D eigenvalue weighted by Crippen LogP contribution is 2.29. The minimum absolute atomic E-state index is 0.281. The van der Waals surface area contributed by atoms with E-state index in [2.05, 4.69) is 23.8 Å². The monoisotopic (exact) mass is 429 g/mol. The van der Waals surface area contributed by atoms with Crippen LogP contribution in [0.25, 0.3) is 5.57 Å². The van der Waals surface area contributed by atoms with Gasteiger partial charge in [0.1, 0.15) is 18.2 Å². The van der Waals surface area contributed by atoms with Crippen LogP contribution in [0.15, 0.2) is 66.2 Å². The van der Waals surface area contributed by atoms with Gasteiger partial charge in [0.15, 0.2) is 0 Å². The number of rotatable bonds is 6. The molecule has 0 bridgehead atoms. The second-order valence-electron chi connectivity index (χ2n) is 6.80. The number of allylic oxidation sites excluding steroid dienone is 1. The number of halogens is 1. The van der Waals surface area contributed by atoms with Crippen LogP contribution >= 0.6 is 0 Å². The van der Waals surface area contributed by atoms with E-state index < -0.39 is 0 Å². The van der Waals surface area contributed by atoms with Crippen LogP contribution in [0.1, 0.15) is 31.9 Å². The van der Waals surface area contributed by atoms with E-state index in [0.29, 0.717) is 49.0 Å². The number of benzene rings is 1. The summed E-state index contributed by atoms with van der Waals surface area (Å²) >= 11 is 0. The lowest BCUT2D eigenvalue weighted by atomic mass is 9.96. The summed E-state index contributed by atoms with van der Waals surface area (Å²) in [6.45, 7) is 17.1. The SMILES string of the molecule is C=CCOC1=C(\COC)C(=C)NC/C(C)=C(\CN)c2cc(C)c(F)cc2N\C=C\1.CC. The molecular formula is C25H36FN3O2. The lowest BCUT2D eigenvalue weighted by Crippen LogP contribution is -2.21. The van der Waals surface area contributed by atoms with Crippen molar-refractivity contribution in [2.45, 2.75) is 27.7 Å². The normalized spacial score (nSPS) is 20.0. The lowest BCUT2D eigenvalue weighted by molar-refractivity contribution is 0.210. The maximum atomic E-state index is 14.3. The van der Waals surface area contributed by atoms with Crippen LogP contribution < -0.4 is 16.4 Å². The number of nitrogens with one attached hydrogen (secondary N) is 2. The third kappa shape index (κ3) is 7.12. The average molecular weight is 430 g/mol. The summed E-state index contributed by atoms with van der Waals surface area (Å²) in [5.41, 5.74) is 11.6. The van der Waals surface area contributed by atoms with Gasteiger partial charge in [-0.2, -0.15) is 0 Å². The maximum Gasteiger partial charge on any atom is 0.128 e. The molecule has 0 saturated heterocycles. The Bertz CT molecular complexity index is 870. The molecule has 0 unspecified atom stereocenters. The summed E-state index contributed by atoms with van der Waals surface area (Å²) in [5.74, 6) is 0.308. The smallest absolute Gasteiger partial charge is 0.128 e. The van der Waals surface area contributed by atoms with Gasteiger partial charge in [0.25, 0.3) is 0 Å². The van der Waals surface area contributed by atoms with Crippen LogP contribution in [-0.4, -0.2) is 33.4 Å². The summed E-state index contributed by atoms with van der Waals surface area (Å²) in [5, 5.41) is 6.51. The van der Waals surface area contributed by atoms with Crippen molar-refractivity contribution in [1.29, 1.82) is 0 Å². The first-order valence-electron chi connectivity index (χ1n) is 10.4. The quantitative estimate of drug-likeness (QED) is 0.553. The Morgan fingerprint density at radius 1 is 1.23 bits per heavy atom. The highest BCUT2D eigenvalue weighted by molar-refractivity contribution is 5.80. The van der Waals surface area contributed by atoms with Crippen molar-refractivity contribution in [3.8, 4) is 0 Å². The first-order valence-corrected chi connectivity index (χ1v) is 10.4. The van der Waals surface area contributed by atoms with E-state index in [1.165, 1.54) is 6.07 Å². The molecule has 0 amide bonds. The van der Waals surface area contributed by atoms with Crippen LogP contribution in [0.5, 0.6) is 0 Å². The Balaban J connectivity index is 0.00000233. The van der Waals surface area contributed by atoms with E-state index in [1.807, 2.05) is 26.8 Å². The van der Waals surface area contributed by atoms with Gasteiger partial charge >= 0.3 is 0 Å². The molecule has 0 spiro atoms. The lowest BCUT2D eigenvalue weighted by Gasteiger charge is -2.21. The molecular weight excluding hydrogens is 393 g/mol. The van der Waals surface area contributed by atoms with E-state index in [1.54, 1.807) is 32.4 Å². The Hall–Kier alpha value is -2.83. The Morgan fingerprint density at radius 2 is 1.94 bits per heavy atom. The number of hydrogen-bond acceptors (Lipinski definition) is 5. The number of nitrogens with two attached hydrogens (primary N) is 1. The molecule has 0 aromatic heterocycles. The number of fused-ring (bicyclic) bond motifs is 1. The van der Waals surface area contributed by atoms with Crippen molar-refractivity contribution in [3.63, 3.8) is 0 Å². The van der Waals surface area contributed by atoms with Crippen LogP contribution in [0.2, 0.25) is 0 Å². The van der Waals surface area contributed by atoms with Crippen LogP contribution in [-0.2, 0) is 9.47 Å². The zero-order valence-electron chi connectivity index (χ0n) is 19.4. The highest BCUT2D eigenvalue weighted by atomic mass is 19.1. The fraction of sp³-hybridized carbons (Fsp3) is 0.360. The second-order valence-corrected chi connectivity index (χ2v) is 6.80. The van der Waals surface area contributed by atoms with E-state index in [0.717, 1.165) is 22.3 Å². The minimum atomic E-state index is -0.281. The van der Waals surface area contributed by atoms with Crippen LogP contribution in [0, 0.1) is 12.7 Å². The summed E-state index contributed by atoms with van der Waals surface area (Å²) in [6.07, 6.45) is 5.14. The Morgan fingerprint density at radius 3 is 2.55 bits per heavy atom. The standard InChI is InChI=1S/C23H30FN3O2.C2H6/c1-6-9-29-23-7-8-26-22-11-21(24)15(2)10-18(22)19(12-25)16(3)13-27-17(4)20(23)14-28-5;1-2/h6-8,10-11,26-27H,1,4,9,12-14,25H2,2-3,5H3;1-2H3/b8-7+,19-16+,23-20+;. The Kier molecular flexibility index (Phi) is 11.4. The molecule has 170 valence electrons. The number of aryl methyl sites for hydroxylation is 1. The molecule has 1 heterocycles. The molecule has 2 rings (SSSR count). The van der Waals surface area contributed by atoms with Crippen LogP contribution in [0.3, 0.4) is 0 Å². The largest absolute Gasteiger partial charge is 0.489 e. The van der Waals surface area contributed by atoms with Gasteiger partial charge in [-0.3, -0.25) is 0 Å². The van der Waals surface area contributed by atoms with Gasteiger partial charge in [-0.15, -0.1) is 0 Å². The van der Waals surface area contributed by atoms with Crippen LogP contribution in [0.4, 0.5) is 10.1 Å². The van der Waals surface area contributed by atoms with Crippen molar-refractivity contribution in [2.75, 3.05) is 38.7 Å². The molecule has 1 aromatic carbocycles. The van der Waals surface area contributed by atoms with Gasteiger partial charge < -0.3 is 25.8 Å². The van der Waals surface area contributed by atoms with Gasteiger partial charge in [0.2, 0.25) is 0 Å². The fourth-order valence-corrected chi connectivity index (χ4v) is 3.06. The molecule has 0 fully saturated rings. The topological polar surface area (TPSA) is 68.5 Å². The first-order chi connectivity index (χ1) is 14.9. The zero-order chi connectivity index (χ0) is 23.4. The third-order valence-corrected chi connectivity index (χ3v) is 4.69. The predicted octanol–water partition coefficient (Wildman–Crippen LogP) is 5.04. The molecule has 31 heavy (non-hydrogen) atoms. The first kappa shape index (κ1) is 26.2. The van der Waals surface area contributed by atoms with E-state index >= 15 is 0 Å². The van der Waals surface area contributed by atoms with Gasteiger partial charge in [-0.25, -0.2) is 4.39 Å². The van der Waals surface area contributed by atoms with Crippen molar-refractivity contribution in [3.05, 3.63) is 83.2 Å². The van der Waals surface area contributed by atoms with Crippen molar-refractivity contribution in [1.82, 2.24) is 5.32 Å². The summed E-state index contributed by atoms with van der Waals surface area (Å²) in [7, 11) is 1.61. The van der Waals surface area contributed by atoms with E-state index in [-0.39, 0.29) is 5.82 Å². The Labute approximate surface area is 186 Å². The van der Waals surface area contributed by atoms with Gasteiger partial charge in [0, 0.05) is 48.9 Å². The second kappa shape index (κ2) is 13.5. The van der Waals surface area contributed by atoms with Crippen molar-refractivity contribution in [2.24, 2.45) is 5.73 Å². The van der Waals surface area contributed by atoms with Gasteiger partial charge in [-0.05, 0) is 48.8 Å². The number of anilines is 1. The molecule has 0 atom stereocenters. The number of methoxy groups -OCH3 is 1. The van der Waals surface area contributed by atoms with E-state index in [9.17, 15) is 4.39 Å². The van der Waals surface area contributed by atoms with E-state index in [4.69, 9.17) is 15.2 Å². The number of hydrogen-bond donors (Lipinski definition) is 3. The molecule has 0 aliphatic carbocycles. The van der Waals surface area contributed by atoms with Crippen molar-refractivity contribution >= 4 is 11.3 Å². The summed E-state index contributed by atoms with van der Waals surface area (Å²) in [6, 6.07) is 3.30. The summed E-state index contributed by atoms with van der Waals surface area (Å²) in [4.78, 5) is 0. The zero-order valence-corrected chi connectivity index (χ0v) is 19.4. The number of ether oxygens (including phenoxy) is 2. The van der Waals surface area contributed by atoms with Gasteiger partial charge in [-0.1, -0.05) is 33.1 Å². The highest BCUT2D eigenvalue weighted by Gasteiger charge is 2.15. The molecule has 6 heteroatoms. The minimum Gasteiger partial charge on any atom is -0.489 e. The fourth-order valence-electron chi connectivity index (χ4n) is 3.06. The average Bonchev–Trinajstić information content (AvgIpc) is 2.77. The third-order valence-electron chi connectivity index (χ3n) is 4.69. The molecule has 4 N–H and O–H groups in total. The summed E-state index contributed by atoms with van der Waals surface area (Å²) < 4.78 is 25.4.